The number of hydrogen-bond donors (Lipinski definition) is 0. The predicted octanol–water partition coefficient (Wildman–Crippen LogP) is 5.45. The van der Waals surface area contributed by atoms with Gasteiger partial charge in [-0.3, -0.25) is 14.8 Å². The first kappa shape index (κ1) is 19.1. The van der Waals surface area contributed by atoms with Crippen molar-refractivity contribution in [1.29, 1.82) is 5.26 Å². The first-order chi connectivity index (χ1) is 15.2. The zero-order chi connectivity index (χ0) is 21.2. The van der Waals surface area contributed by atoms with Gasteiger partial charge in [-0.25, -0.2) is 0 Å². The molecule has 1 amide bonds. The lowest BCUT2D eigenvalue weighted by Crippen LogP contribution is -2.51. The van der Waals surface area contributed by atoms with E-state index in [9.17, 15) is 10.1 Å². The van der Waals surface area contributed by atoms with E-state index in [1.807, 2.05) is 59.6 Å². The molecule has 0 unspecified atom stereocenters. The smallest absolute Gasteiger partial charge is 0.245 e. The molecular weight excluding hydrogens is 382 g/mol. The summed E-state index contributed by atoms with van der Waals surface area (Å²) in [6.45, 7) is 1.50. The van der Waals surface area contributed by atoms with Crippen molar-refractivity contribution in [1.82, 2.24) is 5.01 Å². The number of amides is 1. The third-order valence-corrected chi connectivity index (χ3v) is 6.04. The molecule has 0 aliphatic carbocycles. The molecule has 1 saturated heterocycles. The average Bonchev–Trinajstić information content (AvgIpc) is 2.83. The van der Waals surface area contributed by atoms with Crippen molar-refractivity contribution in [3.05, 3.63) is 90.0 Å². The van der Waals surface area contributed by atoms with Crippen molar-refractivity contribution in [3.63, 3.8) is 0 Å². The van der Waals surface area contributed by atoms with Crippen LogP contribution in [0.2, 0.25) is 0 Å². The van der Waals surface area contributed by atoms with Crippen LogP contribution in [0.3, 0.4) is 0 Å². The molecule has 31 heavy (non-hydrogen) atoms. The Bertz CT molecular complexity index is 1320. The number of benzene rings is 4. The second-order valence-corrected chi connectivity index (χ2v) is 8.00. The molecule has 152 valence electrons. The van der Waals surface area contributed by atoms with Gasteiger partial charge in [0.25, 0.3) is 0 Å². The lowest BCUT2D eigenvalue weighted by atomic mass is 10.0. The van der Waals surface area contributed by atoms with Gasteiger partial charge in [0.1, 0.15) is 0 Å². The normalized spacial score (nSPS) is 14.0. The zero-order valence-corrected chi connectivity index (χ0v) is 17.3. The van der Waals surface area contributed by atoms with Gasteiger partial charge in [-0.1, -0.05) is 66.7 Å². The van der Waals surface area contributed by atoms with E-state index in [0.717, 1.165) is 46.8 Å². The highest BCUT2D eigenvalue weighted by Gasteiger charge is 2.26. The van der Waals surface area contributed by atoms with Crippen molar-refractivity contribution in [3.8, 4) is 6.07 Å². The van der Waals surface area contributed by atoms with E-state index in [0.29, 0.717) is 18.5 Å². The van der Waals surface area contributed by atoms with Crippen LogP contribution in [0.15, 0.2) is 78.9 Å². The highest BCUT2D eigenvalue weighted by molar-refractivity contribution is 5.98. The van der Waals surface area contributed by atoms with Gasteiger partial charge in [0.05, 0.1) is 23.7 Å². The molecule has 4 aromatic carbocycles. The van der Waals surface area contributed by atoms with E-state index in [1.165, 1.54) is 5.39 Å². The molecule has 1 aliphatic heterocycles. The Balaban J connectivity index is 1.47. The SMILES string of the molecule is N#Cc1ccc(N2CCCCN2C(=O)Cc2ccc3ccccc3c2)c2ccccc12. The largest absolute Gasteiger partial charge is 0.282 e. The Morgan fingerprint density at radius 2 is 1.58 bits per heavy atom. The molecular formula is C27H23N3O. The van der Waals surface area contributed by atoms with E-state index >= 15 is 0 Å². The molecule has 1 fully saturated rings. The van der Waals surface area contributed by atoms with Crippen LogP contribution in [0.4, 0.5) is 5.69 Å². The third-order valence-electron chi connectivity index (χ3n) is 6.04. The van der Waals surface area contributed by atoms with Gasteiger partial charge in [-0.2, -0.15) is 5.26 Å². The Labute approximate surface area is 181 Å². The van der Waals surface area contributed by atoms with Crippen molar-refractivity contribution in [2.24, 2.45) is 0 Å². The minimum Gasteiger partial charge on any atom is -0.282 e. The monoisotopic (exact) mass is 405 g/mol. The fourth-order valence-corrected chi connectivity index (χ4v) is 4.49. The zero-order valence-electron chi connectivity index (χ0n) is 17.3. The molecule has 5 rings (SSSR count). The molecule has 4 aromatic rings. The summed E-state index contributed by atoms with van der Waals surface area (Å²) in [5.41, 5.74) is 2.67. The molecule has 0 aromatic heterocycles. The van der Waals surface area contributed by atoms with Crippen molar-refractivity contribution >= 4 is 33.1 Å². The number of nitrogens with zero attached hydrogens (tertiary/aromatic N) is 3. The van der Waals surface area contributed by atoms with Gasteiger partial charge in [-0.05, 0) is 41.3 Å². The lowest BCUT2D eigenvalue weighted by molar-refractivity contribution is -0.131. The predicted molar refractivity (Wildman–Crippen MR) is 125 cm³/mol. The second-order valence-electron chi connectivity index (χ2n) is 8.00. The number of carbonyl (C=O) groups is 1. The number of anilines is 1. The van der Waals surface area contributed by atoms with E-state index < -0.39 is 0 Å². The summed E-state index contributed by atoms with van der Waals surface area (Å²) in [6.07, 6.45) is 2.40. The topological polar surface area (TPSA) is 47.3 Å². The molecule has 4 heteroatoms. The number of hydrogen-bond acceptors (Lipinski definition) is 3. The molecule has 1 aliphatic rings. The molecule has 0 saturated carbocycles. The average molecular weight is 406 g/mol. The summed E-state index contributed by atoms with van der Waals surface area (Å²) in [4.78, 5) is 13.4. The van der Waals surface area contributed by atoms with Crippen LogP contribution in [0.25, 0.3) is 21.5 Å². The standard InChI is InChI=1S/C27H23N3O/c28-19-23-13-14-26(25-10-4-3-9-24(23)25)29-15-5-6-16-30(29)27(31)18-20-11-12-21-7-1-2-8-22(21)17-20/h1-4,7-14,17H,5-6,15-16,18H2. The van der Waals surface area contributed by atoms with E-state index in [2.05, 4.69) is 35.3 Å². The van der Waals surface area contributed by atoms with Crippen molar-refractivity contribution in [2.75, 3.05) is 18.1 Å². The second kappa shape index (κ2) is 8.12. The molecule has 0 radical (unpaired) electrons. The van der Waals surface area contributed by atoms with E-state index in [-0.39, 0.29) is 5.91 Å². The van der Waals surface area contributed by atoms with Crippen LogP contribution in [0.1, 0.15) is 24.0 Å². The van der Waals surface area contributed by atoms with Crippen LogP contribution in [0.5, 0.6) is 0 Å². The summed E-state index contributed by atoms with van der Waals surface area (Å²) in [7, 11) is 0. The molecule has 0 N–H and O–H groups in total. The molecule has 4 nitrogen and oxygen atoms in total. The molecule has 0 bridgehead atoms. The van der Waals surface area contributed by atoms with Crippen LogP contribution < -0.4 is 5.01 Å². The summed E-state index contributed by atoms with van der Waals surface area (Å²) in [5, 5.41) is 17.8. The number of carbonyl (C=O) groups excluding carboxylic acids is 1. The fourth-order valence-electron chi connectivity index (χ4n) is 4.49. The highest BCUT2D eigenvalue weighted by atomic mass is 16.2. The van der Waals surface area contributed by atoms with Crippen LogP contribution >= 0.6 is 0 Å². The minimum atomic E-state index is 0.100. The number of hydrazine groups is 1. The highest BCUT2D eigenvalue weighted by Crippen LogP contribution is 2.32. The number of rotatable bonds is 3. The maximum atomic E-state index is 13.4. The third kappa shape index (κ3) is 3.60. The summed E-state index contributed by atoms with van der Waals surface area (Å²) >= 11 is 0. The maximum Gasteiger partial charge on any atom is 0.245 e. The van der Waals surface area contributed by atoms with Crippen molar-refractivity contribution in [2.45, 2.75) is 19.3 Å². The van der Waals surface area contributed by atoms with E-state index in [1.54, 1.807) is 0 Å². The Hall–Kier alpha value is -3.84. The minimum absolute atomic E-state index is 0.100. The summed E-state index contributed by atoms with van der Waals surface area (Å²) < 4.78 is 0. The first-order valence-corrected chi connectivity index (χ1v) is 10.7. The van der Waals surface area contributed by atoms with Gasteiger partial charge < -0.3 is 0 Å². The van der Waals surface area contributed by atoms with Crippen LogP contribution in [-0.2, 0) is 11.2 Å². The number of fused-ring (bicyclic) bond motifs is 2. The van der Waals surface area contributed by atoms with Gasteiger partial charge in [0.15, 0.2) is 0 Å². The summed E-state index contributed by atoms with van der Waals surface area (Å²) in [6, 6.07) is 28.5. The van der Waals surface area contributed by atoms with E-state index in [4.69, 9.17) is 0 Å². The molecule has 1 heterocycles. The Morgan fingerprint density at radius 3 is 2.42 bits per heavy atom. The maximum absolute atomic E-state index is 13.4. The van der Waals surface area contributed by atoms with Gasteiger partial charge in [0.2, 0.25) is 5.91 Å². The quantitative estimate of drug-likeness (QED) is 0.455. The molecule has 0 spiro atoms. The molecule has 0 atom stereocenters. The fraction of sp³-hybridized carbons (Fsp3) is 0.185. The van der Waals surface area contributed by atoms with Crippen LogP contribution in [-0.4, -0.2) is 24.0 Å². The summed E-state index contributed by atoms with van der Waals surface area (Å²) in [5.74, 6) is 0.100. The lowest BCUT2D eigenvalue weighted by Gasteiger charge is -2.41. The van der Waals surface area contributed by atoms with Gasteiger partial charge >= 0.3 is 0 Å². The Morgan fingerprint density at radius 1 is 0.839 bits per heavy atom. The van der Waals surface area contributed by atoms with Crippen LogP contribution in [0, 0.1) is 11.3 Å². The Kier molecular flexibility index (Phi) is 5.01. The number of nitriles is 1. The van der Waals surface area contributed by atoms with Gasteiger partial charge in [-0.15, -0.1) is 0 Å². The van der Waals surface area contributed by atoms with Crippen molar-refractivity contribution < 1.29 is 4.79 Å². The van der Waals surface area contributed by atoms with Gasteiger partial charge in [0, 0.05) is 23.9 Å². The first-order valence-electron chi connectivity index (χ1n) is 10.7.